The summed E-state index contributed by atoms with van der Waals surface area (Å²) in [6.45, 7) is 4.23. The Hall–Kier alpha value is -0.550. The molecule has 0 spiro atoms. The highest BCUT2D eigenvalue weighted by atomic mass is 32.2. The van der Waals surface area contributed by atoms with E-state index in [9.17, 15) is 5.11 Å². The minimum absolute atomic E-state index is 0.0241. The zero-order valence-corrected chi connectivity index (χ0v) is 12.6. The number of benzene rings is 1. The number of hydrogen-bond acceptors (Lipinski definition) is 4. The molecule has 1 aromatic rings. The van der Waals surface area contributed by atoms with Crippen molar-refractivity contribution >= 4 is 11.8 Å². The van der Waals surface area contributed by atoms with Gasteiger partial charge in [-0.2, -0.15) is 11.8 Å². The van der Waals surface area contributed by atoms with Crippen molar-refractivity contribution in [3.8, 4) is 0 Å². The summed E-state index contributed by atoms with van der Waals surface area (Å²) in [4.78, 5) is 0. The van der Waals surface area contributed by atoms with Gasteiger partial charge in [0.1, 0.15) is 0 Å². The van der Waals surface area contributed by atoms with Crippen molar-refractivity contribution in [3.05, 3.63) is 35.4 Å². The second kappa shape index (κ2) is 8.59. The first-order valence-electron chi connectivity index (χ1n) is 6.74. The molecule has 0 saturated heterocycles. The van der Waals surface area contributed by atoms with E-state index in [1.807, 2.05) is 0 Å². The van der Waals surface area contributed by atoms with Crippen LogP contribution in [0.2, 0.25) is 0 Å². The number of aliphatic hydroxyl groups is 2. The first-order valence-corrected chi connectivity index (χ1v) is 7.89. The number of hydrogen-bond donors (Lipinski definition) is 3. The number of nitrogens with two attached hydrogens (primary N) is 1. The van der Waals surface area contributed by atoms with Gasteiger partial charge in [-0.05, 0) is 23.5 Å². The molecule has 108 valence electrons. The molecule has 1 aromatic carbocycles. The molecule has 0 amide bonds. The summed E-state index contributed by atoms with van der Waals surface area (Å²) < 4.78 is 0. The molecule has 4 heteroatoms. The minimum Gasteiger partial charge on any atom is -0.394 e. The van der Waals surface area contributed by atoms with Crippen LogP contribution in [0.4, 0.5) is 0 Å². The van der Waals surface area contributed by atoms with Gasteiger partial charge >= 0.3 is 0 Å². The van der Waals surface area contributed by atoms with Crippen LogP contribution in [0.1, 0.15) is 31.0 Å². The summed E-state index contributed by atoms with van der Waals surface area (Å²) in [6, 6.07) is 8.44. The van der Waals surface area contributed by atoms with Crippen LogP contribution >= 0.6 is 11.8 Å². The van der Waals surface area contributed by atoms with Gasteiger partial charge in [0.25, 0.3) is 0 Å². The minimum atomic E-state index is -0.648. The second-order valence-corrected chi connectivity index (χ2v) is 6.39. The average molecular weight is 283 g/mol. The van der Waals surface area contributed by atoms with Crippen LogP contribution in [0.25, 0.3) is 0 Å². The molecule has 4 N–H and O–H groups in total. The molecule has 2 unspecified atom stereocenters. The third kappa shape index (κ3) is 6.43. The van der Waals surface area contributed by atoms with Crippen LogP contribution in [0.15, 0.2) is 24.3 Å². The molecule has 2 atom stereocenters. The maximum atomic E-state index is 9.25. The quantitative estimate of drug-likeness (QED) is 0.682. The summed E-state index contributed by atoms with van der Waals surface area (Å²) in [5.41, 5.74) is 8.57. The highest BCUT2D eigenvalue weighted by molar-refractivity contribution is 7.99. The molecule has 0 saturated carbocycles. The lowest BCUT2D eigenvalue weighted by Crippen LogP contribution is -2.18. The molecular formula is C15H25NO2S. The topological polar surface area (TPSA) is 66.5 Å². The van der Waals surface area contributed by atoms with Gasteiger partial charge in [0.15, 0.2) is 0 Å². The van der Waals surface area contributed by atoms with Crippen molar-refractivity contribution in [2.24, 2.45) is 11.7 Å². The Bertz CT molecular complexity index is 354. The largest absolute Gasteiger partial charge is 0.394 e. The zero-order valence-electron chi connectivity index (χ0n) is 11.7. The Morgan fingerprint density at radius 2 is 1.79 bits per heavy atom. The molecular weight excluding hydrogens is 258 g/mol. The third-order valence-electron chi connectivity index (χ3n) is 2.87. The fourth-order valence-electron chi connectivity index (χ4n) is 1.85. The van der Waals surface area contributed by atoms with E-state index in [-0.39, 0.29) is 12.6 Å². The molecule has 0 aliphatic carbocycles. The van der Waals surface area contributed by atoms with E-state index in [1.54, 1.807) is 11.8 Å². The van der Waals surface area contributed by atoms with Crippen molar-refractivity contribution in [3.63, 3.8) is 0 Å². The lowest BCUT2D eigenvalue weighted by molar-refractivity contribution is 0.113. The number of aliphatic hydroxyl groups excluding tert-OH is 2. The summed E-state index contributed by atoms with van der Waals surface area (Å²) in [5.74, 6) is 1.94. The summed E-state index contributed by atoms with van der Waals surface area (Å²) in [7, 11) is 0. The number of rotatable bonds is 8. The Morgan fingerprint density at radius 3 is 2.32 bits per heavy atom. The third-order valence-corrected chi connectivity index (χ3v) is 4.09. The van der Waals surface area contributed by atoms with Crippen LogP contribution < -0.4 is 5.73 Å². The van der Waals surface area contributed by atoms with Crippen molar-refractivity contribution in [1.29, 1.82) is 0 Å². The maximum absolute atomic E-state index is 9.25. The van der Waals surface area contributed by atoms with Gasteiger partial charge in [-0.3, -0.25) is 0 Å². The monoisotopic (exact) mass is 283 g/mol. The van der Waals surface area contributed by atoms with E-state index in [0.717, 1.165) is 17.7 Å². The lowest BCUT2D eigenvalue weighted by atomic mass is 10.0. The highest BCUT2D eigenvalue weighted by Gasteiger charge is 2.08. The van der Waals surface area contributed by atoms with Gasteiger partial charge in [-0.1, -0.05) is 38.1 Å². The summed E-state index contributed by atoms with van der Waals surface area (Å²) in [5, 5.41) is 18.0. The van der Waals surface area contributed by atoms with Crippen LogP contribution in [0.5, 0.6) is 0 Å². The maximum Gasteiger partial charge on any atom is 0.0861 e. The van der Waals surface area contributed by atoms with Gasteiger partial charge in [0.2, 0.25) is 0 Å². The van der Waals surface area contributed by atoms with E-state index in [1.165, 1.54) is 5.56 Å². The molecule has 0 aliphatic rings. The van der Waals surface area contributed by atoms with Gasteiger partial charge in [-0.15, -0.1) is 0 Å². The van der Waals surface area contributed by atoms with Crippen molar-refractivity contribution in [2.75, 3.05) is 18.1 Å². The van der Waals surface area contributed by atoms with Crippen LogP contribution in [0.3, 0.4) is 0 Å². The second-order valence-electron chi connectivity index (χ2n) is 5.32. The smallest absolute Gasteiger partial charge is 0.0861 e. The van der Waals surface area contributed by atoms with Gasteiger partial charge in [-0.25, -0.2) is 0 Å². The Balaban J connectivity index is 2.42. The van der Waals surface area contributed by atoms with E-state index in [4.69, 9.17) is 10.8 Å². The Morgan fingerprint density at radius 1 is 1.16 bits per heavy atom. The van der Waals surface area contributed by atoms with Crippen LogP contribution in [0, 0.1) is 5.92 Å². The molecule has 0 aliphatic heterocycles. The molecule has 3 nitrogen and oxygen atoms in total. The zero-order chi connectivity index (χ0) is 14.3. The van der Waals surface area contributed by atoms with E-state index >= 15 is 0 Å². The molecule has 1 rings (SSSR count). The highest BCUT2D eigenvalue weighted by Crippen LogP contribution is 2.18. The predicted octanol–water partition coefficient (Wildman–Crippen LogP) is 1.97. The normalized spacial score (nSPS) is 14.6. The first-order chi connectivity index (χ1) is 9.02. The van der Waals surface area contributed by atoms with E-state index < -0.39 is 6.10 Å². The number of thioether (sulfide) groups is 1. The molecule has 0 heterocycles. The fourth-order valence-corrected chi connectivity index (χ4v) is 2.81. The summed E-state index contributed by atoms with van der Waals surface area (Å²) >= 11 is 1.57. The Kier molecular flexibility index (Phi) is 7.46. The summed E-state index contributed by atoms with van der Waals surface area (Å²) in [6.07, 6.45) is 0.443. The lowest BCUT2D eigenvalue weighted by Gasteiger charge is -2.14. The van der Waals surface area contributed by atoms with E-state index in [0.29, 0.717) is 11.7 Å². The van der Waals surface area contributed by atoms with Gasteiger partial charge in [0, 0.05) is 17.5 Å². The van der Waals surface area contributed by atoms with Gasteiger partial charge in [0.05, 0.1) is 12.7 Å². The van der Waals surface area contributed by atoms with E-state index in [2.05, 4.69) is 38.1 Å². The fraction of sp³-hybridized carbons (Fsp3) is 0.600. The standard InChI is InChI=1S/C15H25NO2S/c1-11(2)7-12-3-5-13(6-4-12)15(16)10-19-9-14(18)8-17/h3-6,11,14-15,17-18H,7-10,16H2,1-2H3. The molecule has 0 aromatic heterocycles. The Labute approximate surface area is 120 Å². The van der Waals surface area contributed by atoms with Gasteiger partial charge < -0.3 is 15.9 Å². The van der Waals surface area contributed by atoms with Crippen molar-refractivity contribution in [1.82, 2.24) is 0 Å². The van der Waals surface area contributed by atoms with Crippen molar-refractivity contribution < 1.29 is 10.2 Å². The SMILES string of the molecule is CC(C)Cc1ccc(C(N)CSCC(O)CO)cc1. The molecule has 19 heavy (non-hydrogen) atoms. The first kappa shape index (κ1) is 16.5. The molecule has 0 fully saturated rings. The average Bonchev–Trinajstić information content (AvgIpc) is 2.38. The molecule has 0 bridgehead atoms. The molecule has 0 radical (unpaired) electrons. The predicted molar refractivity (Wildman–Crippen MR) is 82.3 cm³/mol. The van der Waals surface area contributed by atoms with Crippen LogP contribution in [-0.2, 0) is 6.42 Å². The van der Waals surface area contributed by atoms with Crippen molar-refractivity contribution in [2.45, 2.75) is 32.4 Å². The van der Waals surface area contributed by atoms with Crippen LogP contribution in [-0.4, -0.2) is 34.4 Å².